The molecule has 0 aliphatic heterocycles. The standard InChI is InChI=1S/C4H11P.K.H/c1-4(2,3)5;;/h5H2,1-3H3;;. The molecule has 2 heteroatoms. The Labute approximate surface area is 85.1 Å². The molecule has 0 heterocycles. The molecule has 0 amide bonds. The van der Waals surface area contributed by atoms with E-state index in [1.807, 2.05) is 0 Å². The van der Waals surface area contributed by atoms with Crippen molar-refractivity contribution in [1.82, 2.24) is 0 Å². The van der Waals surface area contributed by atoms with Crippen molar-refractivity contribution >= 4 is 60.6 Å². The Balaban J connectivity index is 0. The van der Waals surface area contributed by atoms with Crippen LogP contribution >= 0.6 is 9.24 Å². The summed E-state index contributed by atoms with van der Waals surface area (Å²) in [5.41, 5.74) is 0. The predicted molar refractivity (Wildman–Crippen MR) is 36.6 cm³/mol. The van der Waals surface area contributed by atoms with Gasteiger partial charge >= 0.3 is 51.4 Å². The van der Waals surface area contributed by atoms with Gasteiger partial charge in [-0.1, -0.05) is 20.8 Å². The van der Waals surface area contributed by atoms with Gasteiger partial charge in [-0.3, -0.25) is 0 Å². The second kappa shape index (κ2) is 4.00. The molecule has 0 spiro atoms. The van der Waals surface area contributed by atoms with E-state index in [1.54, 1.807) is 0 Å². The van der Waals surface area contributed by atoms with Crippen LogP contribution < -0.4 is 0 Å². The molecule has 34 valence electrons. The van der Waals surface area contributed by atoms with Gasteiger partial charge in [-0.05, 0) is 5.16 Å². The maximum absolute atomic E-state index is 2.72. The van der Waals surface area contributed by atoms with Crippen molar-refractivity contribution in [2.24, 2.45) is 0 Å². The van der Waals surface area contributed by atoms with E-state index < -0.39 is 0 Å². The summed E-state index contributed by atoms with van der Waals surface area (Å²) in [6, 6.07) is 0. The van der Waals surface area contributed by atoms with Crippen LogP contribution in [0.25, 0.3) is 0 Å². The van der Waals surface area contributed by atoms with Crippen LogP contribution in [0.15, 0.2) is 0 Å². The van der Waals surface area contributed by atoms with Gasteiger partial charge in [0.1, 0.15) is 0 Å². The van der Waals surface area contributed by atoms with E-state index in [9.17, 15) is 0 Å². The van der Waals surface area contributed by atoms with Crippen LogP contribution in [-0.2, 0) is 0 Å². The third-order valence-corrected chi connectivity index (χ3v) is 0. The van der Waals surface area contributed by atoms with E-state index in [0.717, 1.165) is 0 Å². The summed E-state index contributed by atoms with van der Waals surface area (Å²) in [6.07, 6.45) is 0. The summed E-state index contributed by atoms with van der Waals surface area (Å²) >= 11 is 0. The van der Waals surface area contributed by atoms with E-state index in [1.165, 1.54) is 0 Å². The van der Waals surface area contributed by atoms with Crippen LogP contribution in [0.5, 0.6) is 0 Å². The molecule has 0 fully saturated rings. The summed E-state index contributed by atoms with van der Waals surface area (Å²) in [6.45, 7) is 6.45. The Morgan fingerprint density at radius 1 is 1.17 bits per heavy atom. The maximum atomic E-state index is 2.72. The Bertz CT molecular complexity index is 23.0. The van der Waals surface area contributed by atoms with Crippen molar-refractivity contribution in [1.29, 1.82) is 0 Å². The Morgan fingerprint density at radius 2 is 1.17 bits per heavy atom. The van der Waals surface area contributed by atoms with Gasteiger partial charge in [0.15, 0.2) is 0 Å². The Kier molecular flexibility index (Phi) is 7.29. The quantitative estimate of drug-likeness (QED) is 0.339. The van der Waals surface area contributed by atoms with Crippen LogP contribution in [-0.4, -0.2) is 56.5 Å². The van der Waals surface area contributed by atoms with Crippen molar-refractivity contribution in [2.45, 2.75) is 25.9 Å². The second-order valence-corrected chi connectivity index (χ2v) is 4.10. The first-order valence-corrected chi connectivity index (χ1v) is 2.37. The minimum absolute atomic E-state index is 0. The van der Waals surface area contributed by atoms with Crippen molar-refractivity contribution in [2.75, 3.05) is 0 Å². The summed E-state index contributed by atoms with van der Waals surface area (Å²) in [5, 5.41) is 0.417. The fourth-order valence-corrected chi connectivity index (χ4v) is 0. The number of hydrogen-bond acceptors (Lipinski definition) is 0. The molecule has 6 heavy (non-hydrogen) atoms. The molecular weight excluding hydrogens is 118 g/mol. The van der Waals surface area contributed by atoms with Crippen LogP contribution in [0.1, 0.15) is 20.8 Å². The molecular formula is C4H12KP. The van der Waals surface area contributed by atoms with Gasteiger partial charge in [0.05, 0.1) is 0 Å². The summed E-state index contributed by atoms with van der Waals surface area (Å²) < 4.78 is 0. The first-order valence-electron chi connectivity index (χ1n) is 1.79. The zero-order chi connectivity index (χ0) is 4.50. The predicted octanol–water partition coefficient (Wildman–Crippen LogP) is 1.01. The molecule has 0 aliphatic carbocycles. The molecule has 0 aromatic carbocycles. The zero-order valence-corrected chi connectivity index (χ0v) is 5.23. The van der Waals surface area contributed by atoms with Crippen LogP contribution in [0, 0.1) is 0 Å². The normalized spacial score (nSPS) is 10.0. The van der Waals surface area contributed by atoms with Gasteiger partial charge in [-0.25, -0.2) is 0 Å². The first-order chi connectivity index (χ1) is 2.00. The molecule has 0 rings (SSSR count). The van der Waals surface area contributed by atoms with Crippen molar-refractivity contribution in [3.8, 4) is 0 Å². The van der Waals surface area contributed by atoms with Gasteiger partial charge in [0.25, 0.3) is 0 Å². The van der Waals surface area contributed by atoms with Crippen LogP contribution in [0.4, 0.5) is 0 Å². The Hall–Kier alpha value is 2.07. The van der Waals surface area contributed by atoms with E-state index in [-0.39, 0.29) is 51.4 Å². The Morgan fingerprint density at radius 3 is 1.17 bits per heavy atom. The van der Waals surface area contributed by atoms with E-state index in [0.29, 0.717) is 5.16 Å². The zero-order valence-electron chi connectivity index (χ0n) is 4.08. The topological polar surface area (TPSA) is 0 Å². The molecule has 0 saturated heterocycles. The molecule has 0 nitrogen and oxygen atoms in total. The van der Waals surface area contributed by atoms with Crippen molar-refractivity contribution in [3.05, 3.63) is 0 Å². The van der Waals surface area contributed by atoms with Crippen molar-refractivity contribution in [3.63, 3.8) is 0 Å². The fraction of sp³-hybridized carbons (Fsp3) is 1.00. The first kappa shape index (κ1) is 10.9. The van der Waals surface area contributed by atoms with Gasteiger partial charge in [0, 0.05) is 0 Å². The van der Waals surface area contributed by atoms with Crippen LogP contribution in [0.2, 0.25) is 0 Å². The third-order valence-electron chi connectivity index (χ3n) is 0. The number of hydrogen-bond donors (Lipinski definition) is 0. The minimum atomic E-state index is 0. The number of rotatable bonds is 0. The van der Waals surface area contributed by atoms with Gasteiger partial charge in [-0.2, -0.15) is 0 Å². The molecule has 0 aromatic heterocycles. The van der Waals surface area contributed by atoms with E-state index in [2.05, 4.69) is 30.0 Å². The molecule has 0 aromatic rings. The average Bonchev–Trinajstić information content (AvgIpc) is 0.722. The summed E-state index contributed by atoms with van der Waals surface area (Å²) in [5.74, 6) is 0. The van der Waals surface area contributed by atoms with Crippen molar-refractivity contribution < 1.29 is 0 Å². The monoisotopic (exact) mass is 130 g/mol. The summed E-state index contributed by atoms with van der Waals surface area (Å²) in [7, 11) is 2.72. The molecule has 0 bridgehead atoms. The molecule has 0 saturated carbocycles. The average molecular weight is 130 g/mol. The summed E-state index contributed by atoms with van der Waals surface area (Å²) in [4.78, 5) is 0. The molecule has 0 radical (unpaired) electrons. The van der Waals surface area contributed by atoms with Gasteiger partial charge < -0.3 is 0 Å². The van der Waals surface area contributed by atoms with Gasteiger partial charge in [0.2, 0.25) is 0 Å². The second-order valence-electron chi connectivity index (χ2n) is 2.37. The molecule has 1 unspecified atom stereocenters. The molecule has 0 N–H and O–H groups in total. The van der Waals surface area contributed by atoms with E-state index >= 15 is 0 Å². The van der Waals surface area contributed by atoms with E-state index in [4.69, 9.17) is 0 Å². The SMILES string of the molecule is CC(C)(C)P.[KH]. The third kappa shape index (κ3) is 36.5. The van der Waals surface area contributed by atoms with Crippen LogP contribution in [0.3, 0.4) is 0 Å². The fourth-order valence-electron chi connectivity index (χ4n) is 0. The molecule has 1 atom stereocenters. The molecule has 0 aliphatic rings. The van der Waals surface area contributed by atoms with Gasteiger partial charge in [-0.15, -0.1) is 9.24 Å².